The number of fused-ring (bicyclic) bond motifs is 1. The van der Waals surface area contributed by atoms with Gasteiger partial charge >= 0.3 is 0 Å². The second-order valence-electron chi connectivity index (χ2n) is 5.52. The van der Waals surface area contributed by atoms with E-state index in [-0.39, 0.29) is 17.8 Å². The third-order valence-electron chi connectivity index (χ3n) is 4.30. The monoisotopic (exact) mass is 268 g/mol. The minimum absolute atomic E-state index is 0.0145. The van der Waals surface area contributed by atoms with E-state index in [9.17, 15) is 4.79 Å². The van der Waals surface area contributed by atoms with Gasteiger partial charge in [0.1, 0.15) is 0 Å². The van der Waals surface area contributed by atoms with Crippen molar-refractivity contribution >= 4 is 11.7 Å². The van der Waals surface area contributed by atoms with Crippen molar-refractivity contribution in [3.63, 3.8) is 0 Å². The number of nitrogens with one attached hydrogen (secondary N) is 1. The maximum Gasteiger partial charge on any atom is 0.231 e. The lowest BCUT2D eigenvalue weighted by Gasteiger charge is -2.23. The summed E-state index contributed by atoms with van der Waals surface area (Å²) >= 11 is 0. The molecular weight excluding hydrogens is 244 g/mol. The van der Waals surface area contributed by atoms with E-state index < -0.39 is 5.92 Å². The Bertz CT molecular complexity index is 359. The highest BCUT2D eigenvalue weighted by Gasteiger charge is 2.38. The zero-order valence-electron chi connectivity index (χ0n) is 11.5. The van der Waals surface area contributed by atoms with Crippen molar-refractivity contribution in [3.05, 3.63) is 0 Å². The second-order valence-corrected chi connectivity index (χ2v) is 5.52. The Labute approximate surface area is 114 Å². The van der Waals surface area contributed by atoms with Gasteiger partial charge in [-0.25, -0.2) is 0 Å². The molecule has 2 saturated heterocycles. The topological polar surface area (TPSA) is 91.0 Å². The van der Waals surface area contributed by atoms with Crippen LogP contribution in [0.2, 0.25) is 0 Å². The van der Waals surface area contributed by atoms with E-state index >= 15 is 0 Å². The van der Waals surface area contributed by atoms with Crippen LogP contribution >= 0.6 is 0 Å². The normalized spacial score (nSPS) is 29.2. The summed E-state index contributed by atoms with van der Waals surface area (Å²) in [5, 5.41) is 14.9. The lowest BCUT2D eigenvalue weighted by molar-refractivity contribution is -0.124. The predicted molar refractivity (Wildman–Crippen MR) is 72.9 cm³/mol. The van der Waals surface area contributed by atoms with Crippen LogP contribution in [0.15, 0.2) is 5.16 Å². The second kappa shape index (κ2) is 6.23. The maximum absolute atomic E-state index is 12.3. The van der Waals surface area contributed by atoms with Crippen LogP contribution in [0.1, 0.15) is 39.0 Å². The molecule has 19 heavy (non-hydrogen) atoms. The van der Waals surface area contributed by atoms with E-state index in [0.717, 1.165) is 32.4 Å². The number of nitrogens with zero attached hydrogens (tertiary/aromatic N) is 2. The average Bonchev–Trinajstić information content (AvgIpc) is 3.00. The van der Waals surface area contributed by atoms with E-state index in [0.29, 0.717) is 12.5 Å². The van der Waals surface area contributed by atoms with Crippen LogP contribution < -0.4 is 11.1 Å². The van der Waals surface area contributed by atoms with Gasteiger partial charge in [-0.15, -0.1) is 0 Å². The molecule has 108 valence electrons. The number of nitrogens with two attached hydrogens (primary N) is 1. The molecule has 6 nitrogen and oxygen atoms in total. The molecule has 6 heteroatoms. The van der Waals surface area contributed by atoms with Gasteiger partial charge in [0.05, 0.1) is 5.92 Å². The Morgan fingerprint density at radius 3 is 3.00 bits per heavy atom. The summed E-state index contributed by atoms with van der Waals surface area (Å²) in [6.07, 6.45) is 4.82. The van der Waals surface area contributed by atoms with Gasteiger partial charge in [-0.3, -0.25) is 9.69 Å². The van der Waals surface area contributed by atoms with Gasteiger partial charge in [0.15, 0.2) is 5.84 Å². The summed E-state index contributed by atoms with van der Waals surface area (Å²) in [6, 6.07) is 0.708. The minimum Gasteiger partial charge on any atom is -0.409 e. The molecule has 4 N–H and O–H groups in total. The number of oxime groups is 1. The van der Waals surface area contributed by atoms with Crippen molar-refractivity contribution in [1.82, 2.24) is 10.2 Å². The van der Waals surface area contributed by atoms with Crippen LogP contribution in [0.25, 0.3) is 0 Å². The lowest BCUT2D eigenvalue weighted by Crippen LogP contribution is -2.47. The molecular formula is C13H24N4O2. The summed E-state index contributed by atoms with van der Waals surface area (Å²) in [6.45, 7) is 4.20. The zero-order chi connectivity index (χ0) is 13.8. The summed E-state index contributed by atoms with van der Waals surface area (Å²) in [5.74, 6) is -0.595. The van der Waals surface area contributed by atoms with Crippen LogP contribution in [0, 0.1) is 5.92 Å². The van der Waals surface area contributed by atoms with Gasteiger partial charge in [0, 0.05) is 18.6 Å². The van der Waals surface area contributed by atoms with Crippen molar-refractivity contribution in [2.45, 2.75) is 51.1 Å². The first-order chi connectivity index (χ1) is 9.17. The molecule has 2 aliphatic heterocycles. The third kappa shape index (κ3) is 3.00. The van der Waals surface area contributed by atoms with E-state index in [2.05, 4.69) is 15.4 Å². The van der Waals surface area contributed by atoms with Crippen LogP contribution in [-0.2, 0) is 4.79 Å². The molecule has 3 unspecified atom stereocenters. The van der Waals surface area contributed by atoms with Gasteiger partial charge in [-0.05, 0) is 32.2 Å². The summed E-state index contributed by atoms with van der Waals surface area (Å²) < 4.78 is 0. The van der Waals surface area contributed by atoms with Crippen molar-refractivity contribution in [2.24, 2.45) is 16.8 Å². The zero-order valence-corrected chi connectivity index (χ0v) is 11.5. The Morgan fingerprint density at radius 1 is 1.53 bits per heavy atom. The molecule has 0 bridgehead atoms. The SMILES string of the molecule is CCCC(C(=O)NC1CCN2CCCC12)C(N)=NO. The minimum atomic E-state index is -0.509. The Hall–Kier alpha value is -1.30. The van der Waals surface area contributed by atoms with E-state index in [1.165, 1.54) is 6.42 Å². The number of hydrogen-bond donors (Lipinski definition) is 3. The number of carbonyl (C=O) groups excluding carboxylic acids is 1. The Balaban J connectivity index is 1.95. The van der Waals surface area contributed by atoms with E-state index in [4.69, 9.17) is 10.9 Å². The van der Waals surface area contributed by atoms with Crippen LogP contribution in [0.4, 0.5) is 0 Å². The molecule has 0 radical (unpaired) electrons. The molecule has 0 aromatic rings. The first kappa shape index (κ1) is 14.1. The largest absolute Gasteiger partial charge is 0.409 e. The summed E-state index contributed by atoms with van der Waals surface area (Å²) in [7, 11) is 0. The van der Waals surface area contributed by atoms with Crippen LogP contribution in [0.3, 0.4) is 0 Å². The van der Waals surface area contributed by atoms with Crippen LogP contribution in [0.5, 0.6) is 0 Å². The highest BCUT2D eigenvalue weighted by atomic mass is 16.4. The molecule has 2 fully saturated rings. The number of rotatable bonds is 5. The molecule has 1 amide bonds. The van der Waals surface area contributed by atoms with Crippen LogP contribution in [-0.4, -0.2) is 47.0 Å². The smallest absolute Gasteiger partial charge is 0.231 e. The molecule has 0 aliphatic carbocycles. The number of amides is 1. The highest BCUT2D eigenvalue weighted by molar-refractivity contribution is 6.02. The first-order valence-corrected chi connectivity index (χ1v) is 7.19. The molecule has 2 rings (SSSR count). The molecule has 0 aromatic heterocycles. The Kier molecular flexibility index (Phi) is 4.63. The number of hydrogen-bond acceptors (Lipinski definition) is 4. The fraction of sp³-hybridized carbons (Fsp3) is 0.846. The fourth-order valence-corrected chi connectivity index (χ4v) is 3.31. The quantitative estimate of drug-likeness (QED) is 0.293. The standard InChI is InChI=1S/C13H24N4O2/c1-2-4-9(12(14)16-19)13(18)15-10-6-8-17-7-3-5-11(10)17/h9-11,19H,2-8H2,1H3,(H2,14,16)(H,15,18). The van der Waals surface area contributed by atoms with E-state index in [1.807, 2.05) is 6.92 Å². The lowest BCUT2D eigenvalue weighted by atomic mass is 9.99. The summed E-state index contributed by atoms with van der Waals surface area (Å²) in [5.41, 5.74) is 5.61. The fourth-order valence-electron chi connectivity index (χ4n) is 3.31. The maximum atomic E-state index is 12.3. The van der Waals surface area contributed by atoms with Gasteiger partial charge in [-0.1, -0.05) is 18.5 Å². The molecule has 0 aromatic carbocycles. The highest BCUT2D eigenvalue weighted by Crippen LogP contribution is 2.28. The molecule has 2 aliphatic rings. The van der Waals surface area contributed by atoms with Crippen molar-refractivity contribution in [2.75, 3.05) is 13.1 Å². The molecule has 0 spiro atoms. The Morgan fingerprint density at radius 2 is 2.32 bits per heavy atom. The number of carbonyl (C=O) groups is 1. The van der Waals surface area contributed by atoms with Gasteiger partial charge in [0.2, 0.25) is 5.91 Å². The van der Waals surface area contributed by atoms with Crippen molar-refractivity contribution < 1.29 is 10.0 Å². The number of amidine groups is 1. The van der Waals surface area contributed by atoms with Crippen molar-refractivity contribution in [3.8, 4) is 0 Å². The molecule has 0 saturated carbocycles. The van der Waals surface area contributed by atoms with Gasteiger partial charge < -0.3 is 16.3 Å². The van der Waals surface area contributed by atoms with Gasteiger partial charge in [-0.2, -0.15) is 0 Å². The van der Waals surface area contributed by atoms with E-state index in [1.54, 1.807) is 0 Å². The first-order valence-electron chi connectivity index (χ1n) is 7.19. The molecule has 2 heterocycles. The third-order valence-corrected chi connectivity index (χ3v) is 4.30. The molecule has 3 atom stereocenters. The van der Waals surface area contributed by atoms with Gasteiger partial charge in [0.25, 0.3) is 0 Å². The summed E-state index contributed by atoms with van der Waals surface area (Å²) in [4.78, 5) is 14.7. The van der Waals surface area contributed by atoms with Crippen molar-refractivity contribution in [1.29, 1.82) is 0 Å². The predicted octanol–water partition coefficient (Wildman–Crippen LogP) is 0.502. The average molecular weight is 268 g/mol.